The van der Waals surface area contributed by atoms with Crippen LogP contribution in [0.15, 0.2) is 42.0 Å². The van der Waals surface area contributed by atoms with Crippen LogP contribution < -0.4 is 0 Å². The maximum atomic E-state index is 13.0. The average Bonchev–Trinajstić information content (AvgIpc) is 3.17. The van der Waals surface area contributed by atoms with Gasteiger partial charge >= 0.3 is 0 Å². The van der Waals surface area contributed by atoms with Gasteiger partial charge in [0.15, 0.2) is 11.6 Å². The van der Waals surface area contributed by atoms with Gasteiger partial charge in [-0.25, -0.2) is 0 Å². The van der Waals surface area contributed by atoms with Crippen LogP contribution in [-0.2, 0) is 20.7 Å². The number of allylic oxidation sites excluding steroid dienone is 3. The molecule has 1 heterocycles. The molecule has 1 saturated heterocycles. The average molecular weight is 308 g/mol. The first kappa shape index (κ1) is 13.7. The van der Waals surface area contributed by atoms with Crippen LogP contribution in [0.2, 0.25) is 0 Å². The number of fused-ring (bicyclic) bond motifs is 6. The fraction of sp³-hybridized carbons (Fsp3) is 0.450. The zero-order valence-corrected chi connectivity index (χ0v) is 13.2. The number of carbonyl (C=O) groups is 1. The van der Waals surface area contributed by atoms with Gasteiger partial charge < -0.3 is 9.47 Å². The Morgan fingerprint density at radius 1 is 1.17 bits per heavy atom. The van der Waals surface area contributed by atoms with Crippen LogP contribution in [-0.4, -0.2) is 24.8 Å². The molecule has 1 aliphatic heterocycles. The molecule has 3 aliphatic carbocycles. The Bertz CT molecular complexity index is 752. The number of hydrogen-bond donors (Lipinski definition) is 0. The van der Waals surface area contributed by atoms with Crippen LogP contribution in [0.4, 0.5) is 0 Å². The van der Waals surface area contributed by atoms with Gasteiger partial charge in [0, 0.05) is 11.8 Å². The highest BCUT2D eigenvalue weighted by atomic mass is 16.7. The highest BCUT2D eigenvalue weighted by molar-refractivity contribution is 6.00. The van der Waals surface area contributed by atoms with Crippen molar-refractivity contribution in [2.75, 3.05) is 13.2 Å². The quantitative estimate of drug-likeness (QED) is 0.738. The highest BCUT2D eigenvalue weighted by Gasteiger charge is 2.56. The number of Topliss-reactive ketones (excluding diaryl/α,β-unsaturated/α-hetero) is 1. The molecule has 0 saturated carbocycles. The molecule has 3 atom stereocenters. The predicted octanol–water partition coefficient (Wildman–Crippen LogP) is 3.15. The number of benzene rings is 1. The molecule has 3 nitrogen and oxygen atoms in total. The summed E-state index contributed by atoms with van der Waals surface area (Å²) >= 11 is 0. The monoisotopic (exact) mass is 308 g/mol. The maximum absolute atomic E-state index is 13.0. The van der Waals surface area contributed by atoms with E-state index in [1.807, 2.05) is 13.0 Å². The van der Waals surface area contributed by atoms with E-state index in [9.17, 15) is 4.79 Å². The first-order valence-electron chi connectivity index (χ1n) is 8.49. The van der Waals surface area contributed by atoms with E-state index in [4.69, 9.17) is 9.47 Å². The van der Waals surface area contributed by atoms with Crippen molar-refractivity contribution in [2.45, 2.75) is 25.6 Å². The molecule has 0 radical (unpaired) electrons. The lowest BCUT2D eigenvalue weighted by Gasteiger charge is -2.45. The Labute approximate surface area is 136 Å². The van der Waals surface area contributed by atoms with Crippen molar-refractivity contribution >= 4 is 11.4 Å². The first-order valence-corrected chi connectivity index (χ1v) is 8.49. The standard InChI is InChI=1S/C20H20O3/c1-12-11-20(22-8-9-23-20)17-7-6-15-14-5-3-2-4-13(14)10-16(15)18(17)19(12)21/h2-6,11,16-18H,7-10H2,1H3. The summed E-state index contributed by atoms with van der Waals surface area (Å²) in [4.78, 5) is 13.0. The number of carbonyl (C=O) groups excluding carboxylic acids is 1. The molecule has 3 unspecified atom stereocenters. The zero-order valence-electron chi connectivity index (χ0n) is 13.2. The van der Waals surface area contributed by atoms with E-state index in [2.05, 4.69) is 30.3 Å². The normalized spacial score (nSPS) is 33.8. The third kappa shape index (κ3) is 1.75. The van der Waals surface area contributed by atoms with Gasteiger partial charge in [-0.05, 0) is 54.0 Å². The summed E-state index contributed by atoms with van der Waals surface area (Å²) in [5, 5.41) is 0. The van der Waals surface area contributed by atoms with Crippen LogP contribution in [0.5, 0.6) is 0 Å². The minimum atomic E-state index is -0.681. The molecule has 5 rings (SSSR count). The SMILES string of the molecule is CC1=CC2(OCCO2)C2CC=C3c4ccccc4CC3C2C1=O. The molecule has 23 heavy (non-hydrogen) atoms. The minimum absolute atomic E-state index is 0.0227. The Hall–Kier alpha value is -1.71. The summed E-state index contributed by atoms with van der Waals surface area (Å²) in [5.41, 5.74) is 4.85. The molecule has 0 aromatic heterocycles. The van der Waals surface area contributed by atoms with Crippen LogP contribution in [0.25, 0.3) is 5.57 Å². The first-order chi connectivity index (χ1) is 11.2. The fourth-order valence-corrected chi connectivity index (χ4v) is 5.05. The summed E-state index contributed by atoms with van der Waals surface area (Å²) in [6.07, 6.45) is 6.06. The van der Waals surface area contributed by atoms with Gasteiger partial charge in [-0.2, -0.15) is 0 Å². The van der Waals surface area contributed by atoms with Crippen molar-refractivity contribution in [1.29, 1.82) is 0 Å². The molecule has 1 spiro atoms. The van der Waals surface area contributed by atoms with E-state index in [1.165, 1.54) is 16.7 Å². The lowest BCUT2D eigenvalue weighted by Crippen LogP contribution is -2.51. The summed E-state index contributed by atoms with van der Waals surface area (Å²) in [6.45, 7) is 3.14. The molecule has 0 bridgehead atoms. The van der Waals surface area contributed by atoms with E-state index in [0.29, 0.717) is 13.2 Å². The topological polar surface area (TPSA) is 35.5 Å². The number of hydrogen-bond acceptors (Lipinski definition) is 3. The van der Waals surface area contributed by atoms with Gasteiger partial charge in [-0.1, -0.05) is 30.3 Å². The summed E-state index contributed by atoms with van der Waals surface area (Å²) in [5.74, 6) is -0.0516. The van der Waals surface area contributed by atoms with Crippen molar-refractivity contribution in [3.8, 4) is 0 Å². The second-order valence-corrected chi connectivity index (χ2v) is 7.11. The van der Waals surface area contributed by atoms with E-state index < -0.39 is 5.79 Å². The van der Waals surface area contributed by atoms with Crippen molar-refractivity contribution in [3.05, 3.63) is 53.1 Å². The number of ether oxygens (including phenoxy) is 2. The van der Waals surface area contributed by atoms with Gasteiger partial charge in [0.25, 0.3) is 0 Å². The summed E-state index contributed by atoms with van der Waals surface area (Å²) < 4.78 is 12.0. The number of rotatable bonds is 0. The molecular weight excluding hydrogens is 288 g/mol. The molecule has 118 valence electrons. The zero-order chi connectivity index (χ0) is 15.6. The minimum Gasteiger partial charge on any atom is -0.344 e. The summed E-state index contributed by atoms with van der Waals surface area (Å²) in [6, 6.07) is 8.56. The molecule has 1 fully saturated rings. The van der Waals surface area contributed by atoms with Gasteiger partial charge in [0.2, 0.25) is 0 Å². The molecular formula is C20H20O3. The van der Waals surface area contributed by atoms with Gasteiger partial charge in [-0.15, -0.1) is 0 Å². The van der Waals surface area contributed by atoms with Crippen LogP contribution in [0.1, 0.15) is 24.5 Å². The second-order valence-electron chi connectivity index (χ2n) is 7.11. The third-order valence-electron chi connectivity index (χ3n) is 5.99. The smallest absolute Gasteiger partial charge is 0.192 e. The van der Waals surface area contributed by atoms with Crippen LogP contribution in [0, 0.1) is 17.8 Å². The summed E-state index contributed by atoms with van der Waals surface area (Å²) in [7, 11) is 0. The van der Waals surface area contributed by atoms with Crippen molar-refractivity contribution in [1.82, 2.24) is 0 Å². The molecule has 4 aliphatic rings. The highest BCUT2D eigenvalue weighted by Crippen LogP contribution is 2.54. The second kappa shape index (κ2) is 4.65. The van der Waals surface area contributed by atoms with Crippen molar-refractivity contribution in [3.63, 3.8) is 0 Å². The predicted molar refractivity (Wildman–Crippen MR) is 86.6 cm³/mol. The molecule has 1 aromatic rings. The van der Waals surface area contributed by atoms with E-state index >= 15 is 0 Å². The Morgan fingerprint density at radius 2 is 1.96 bits per heavy atom. The Morgan fingerprint density at radius 3 is 2.78 bits per heavy atom. The molecule has 3 heteroatoms. The van der Waals surface area contributed by atoms with Gasteiger partial charge in [-0.3, -0.25) is 4.79 Å². The number of ketones is 1. The van der Waals surface area contributed by atoms with Crippen molar-refractivity contribution < 1.29 is 14.3 Å². The Kier molecular flexibility index (Phi) is 2.77. The fourth-order valence-electron chi connectivity index (χ4n) is 5.05. The van der Waals surface area contributed by atoms with Gasteiger partial charge in [0.05, 0.1) is 13.2 Å². The molecule has 0 N–H and O–H groups in total. The van der Waals surface area contributed by atoms with E-state index in [-0.39, 0.29) is 23.5 Å². The Balaban J connectivity index is 1.63. The van der Waals surface area contributed by atoms with E-state index in [0.717, 1.165) is 18.4 Å². The maximum Gasteiger partial charge on any atom is 0.192 e. The largest absolute Gasteiger partial charge is 0.344 e. The molecule has 0 amide bonds. The lowest BCUT2D eigenvalue weighted by atomic mass is 9.63. The van der Waals surface area contributed by atoms with Gasteiger partial charge in [0.1, 0.15) is 0 Å². The van der Waals surface area contributed by atoms with Crippen LogP contribution >= 0.6 is 0 Å². The third-order valence-corrected chi connectivity index (χ3v) is 5.99. The van der Waals surface area contributed by atoms with Crippen LogP contribution in [0.3, 0.4) is 0 Å². The van der Waals surface area contributed by atoms with Crippen molar-refractivity contribution in [2.24, 2.45) is 17.8 Å². The lowest BCUT2D eigenvalue weighted by molar-refractivity contribution is -0.182. The van der Waals surface area contributed by atoms with E-state index in [1.54, 1.807) is 0 Å². The molecule has 1 aromatic carbocycles.